The molecule has 0 fully saturated rings. The third-order valence-electron chi connectivity index (χ3n) is 3.40. The van der Waals surface area contributed by atoms with Gasteiger partial charge in [-0.2, -0.15) is 13.2 Å². The standard InChI is InChI=1S/C14H20F3N3/c1-2-9-18-13-10-5-3-4-6-11(10)19-12(20-13)7-8-14(15,16)17/h2-9H2,1H3,(H,18,19,20). The number of anilines is 1. The second kappa shape index (κ2) is 6.41. The fourth-order valence-electron chi connectivity index (χ4n) is 2.40. The number of fused-ring (bicyclic) bond motifs is 1. The molecule has 1 aliphatic carbocycles. The second-order valence-corrected chi connectivity index (χ2v) is 5.16. The maximum absolute atomic E-state index is 12.3. The van der Waals surface area contributed by atoms with Crippen molar-refractivity contribution < 1.29 is 13.2 Å². The van der Waals surface area contributed by atoms with Crippen molar-refractivity contribution in [2.75, 3.05) is 11.9 Å². The second-order valence-electron chi connectivity index (χ2n) is 5.16. The highest BCUT2D eigenvalue weighted by atomic mass is 19.4. The SMILES string of the molecule is CCCNc1nc(CCC(F)(F)F)nc2c1CCCC2. The molecular weight excluding hydrogens is 267 g/mol. The van der Waals surface area contributed by atoms with E-state index in [0.29, 0.717) is 5.82 Å². The Morgan fingerprint density at radius 3 is 2.60 bits per heavy atom. The van der Waals surface area contributed by atoms with Crippen molar-refractivity contribution in [3.05, 3.63) is 17.1 Å². The predicted molar refractivity (Wildman–Crippen MR) is 71.8 cm³/mol. The molecule has 1 heterocycles. The van der Waals surface area contributed by atoms with Gasteiger partial charge in [0.05, 0.1) is 6.42 Å². The van der Waals surface area contributed by atoms with Crippen molar-refractivity contribution in [1.29, 1.82) is 0 Å². The van der Waals surface area contributed by atoms with Crippen LogP contribution in [0.25, 0.3) is 0 Å². The highest BCUT2D eigenvalue weighted by molar-refractivity contribution is 5.47. The third-order valence-corrected chi connectivity index (χ3v) is 3.40. The Morgan fingerprint density at radius 1 is 1.15 bits per heavy atom. The van der Waals surface area contributed by atoms with Gasteiger partial charge in [-0.1, -0.05) is 6.92 Å². The summed E-state index contributed by atoms with van der Waals surface area (Å²) in [5, 5.41) is 3.23. The minimum absolute atomic E-state index is 0.141. The minimum Gasteiger partial charge on any atom is -0.370 e. The molecule has 0 saturated heterocycles. The topological polar surface area (TPSA) is 37.8 Å². The molecule has 0 atom stereocenters. The number of nitrogens with zero attached hydrogens (tertiary/aromatic N) is 2. The Balaban J connectivity index is 2.20. The normalized spacial score (nSPS) is 15.0. The van der Waals surface area contributed by atoms with Gasteiger partial charge in [-0.25, -0.2) is 9.97 Å². The Kier molecular flexibility index (Phi) is 4.83. The number of hydrogen-bond acceptors (Lipinski definition) is 3. The number of aryl methyl sites for hydroxylation is 2. The van der Waals surface area contributed by atoms with Gasteiger partial charge in [-0.15, -0.1) is 0 Å². The lowest BCUT2D eigenvalue weighted by Gasteiger charge is -2.20. The number of alkyl halides is 3. The Bertz CT molecular complexity index is 458. The van der Waals surface area contributed by atoms with E-state index >= 15 is 0 Å². The molecule has 0 unspecified atom stereocenters. The molecule has 0 saturated carbocycles. The van der Waals surface area contributed by atoms with Crippen LogP contribution in [-0.4, -0.2) is 22.7 Å². The van der Waals surface area contributed by atoms with Crippen LogP contribution in [0.4, 0.5) is 19.0 Å². The lowest BCUT2D eigenvalue weighted by molar-refractivity contribution is -0.134. The summed E-state index contributed by atoms with van der Waals surface area (Å²) in [6.07, 6.45) is -0.295. The van der Waals surface area contributed by atoms with Crippen LogP contribution >= 0.6 is 0 Å². The van der Waals surface area contributed by atoms with Crippen LogP contribution in [0.3, 0.4) is 0 Å². The summed E-state index contributed by atoms with van der Waals surface area (Å²) in [6.45, 7) is 2.83. The molecule has 112 valence electrons. The molecule has 1 aliphatic rings. The minimum atomic E-state index is -4.16. The Hall–Kier alpha value is -1.33. The van der Waals surface area contributed by atoms with Crippen LogP contribution in [0.2, 0.25) is 0 Å². The molecule has 0 spiro atoms. The number of nitrogens with one attached hydrogen (secondary N) is 1. The maximum atomic E-state index is 12.3. The van der Waals surface area contributed by atoms with Crippen molar-refractivity contribution >= 4 is 5.82 Å². The molecule has 3 nitrogen and oxygen atoms in total. The van der Waals surface area contributed by atoms with Gasteiger partial charge >= 0.3 is 6.18 Å². The first-order valence-corrected chi connectivity index (χ1v) is 7.19. The molecule has 1 aromatic heterocycles. The van der Waals surface area contributed by atoms with Crippen molar-refractivity contribution in [2.45, 2.75) is 58.0 Å². The Morgan fingerprint density at radius 2 is 1.90 bits per heavy atom. The van der Waals surface area contributed by atoms with E-state index in [1.807, 2.05) is 6.92 Å². The monoisotopic (exact) mass is 287 g/mol. The molecule has 0 aliphatic heterocycles. The van der Waals surface area contributed by atoms with Crippen molar-refractivity contribution in [3.8, 4) is 0 Å². The summed E-state index contributed by atoms with van der Waals surface area (Å²) < 4.78 is 36.9. The lowest BCUT2D eigenvalue weighted by Crippen LogP contribution is -2.17. The van der Waals surface area contributed by atoms with Crippen molar-refractivity contribution in [1.82, 2.24) is 9.97 Å². The van der Waals surface area contributed by atoms with E-state index < -0.39 is 12.6 Å². The van der Waals surface area contributed by atoms with Gasteiger partial charge in [0.1, 0.15) is 11.6 Å². The Labute approximate surface area is 117 Å². The average molecular weight is 287 g/mol. The zero-order chi connectivity index (χ0) is 14.6. The van der Waals surface area contributed by atoms with Gasteiger partial charge in [0.2, 0.25) is 0 Å². The number of hydrogen-bond donors (Lipinski definition) is 1. The number of halogens is 3. The number of rotatable bonds is 5. The van der Waals surface area contributed by atoms with E-state index in [9.17, 15) is 13.2 Å². The summed E-state index contributed by atoms with van der Waals surface area (Å²) in [6, 6.07) is 0. The van der Waals surface area contributed by atoms with E-state index in [2.05, 4.69) is 15.3 Å². The first-order valence-electron chi connectivity index (χ1n) is 7.19. The predicted octanol–water partition coefficient (Wildman–Crippen LogP) is 3.67. The summed E-state index contributed by atoms with van der Waals surface area (Å²) in [5.41, 5.74) is 2.03. The van der Waals surface area contributed by atoms with E-state index in [4.69, 9.17) is 0 Å². The van der Waals surface area contributed by atoms with Crippen LogP contribution in [0.5, 0.6) is 0 Å². The molecule has 0 radical (unpaired) electrons. The van der Waals surface area contributed by atoms with Crippen LogP contribution in [0.1, 0.15) is 49.7 Å². The highest BCUT2D eigenvalue weighted by Crippen LogP contribution is 2.27. The zero-order valence-corrected chi connectivity index (χ0v) is 11.7. The van der Waals surface area contributed by atoms with E-state index in [1.54, 1.807) is 0 Å². The van der Waals surface area contributed by atoms with Gasteiger partial charge in [-0.05, 0) is 32.1 Å². The van der Waals surface area contributed by atoms with Gasteiger partial charge in [0.25, 0.3) is 0 Å². The van der Waals surface area contributed by atoms with Gasteiger partial charge < -0.3 is 5.32 Å². The van der Waals surface area contributed by atoms with Gasteiger partial charge in [0, 0.05) is 24.2 Å². The van der Waals surface area contributed by atoms with E-state index in [1.165, 1.54) is 0 Å². The smallest absolute Gasteiger partial charge is 0.370 e. The largest absolute Gasteiger partial charge is 0.389 e. The molecule has 20 heavy (non-hydrogen) atoms. The average Bonchev–Trinajstić information content (AvgIpc) is 2.41. The molecule has 6 heteroatoms. The molecule has 0 bridgehead atoms. The van der Waals surface area contributed by atoms with Crippen LogP contribution in [0.15, 0.2) is 0 Å². The molecular formula is C14H20F3N3. The van der Waals surface area contributed by atoms with Crippen LogP contribution in [-0.2, 0) is 19.3 Å². The lowest BCUT2D eigenvalue weighted by atomic mass is 9.96. The summed E-state index contributed by atoms with van der Waals surface area (Å²) in [4.78, 5) is 8.64. The molecule has 0 amide bonds. The highest BCUT2D eigenvalue weighted by Gasteiger charge is 2.27. The van der Waals surface area contributed by atoms with Crippen molar-refractivity contribution in [3.63, 3.8) is 0 Å². The zero-order valence-electron chi connectivity index (χ0n) is 11.7. The summed E-state index contributed by atoms with van der Waals surface area (Å²) in [5.74, 6) is 1.05. The van der Waals surface area contributed by atoms with Crippen LogP contribution in [0, 0.1) is 0 Å². The quantitative estimate of drug-likeness (QED) is 0.898. The van der Waals surface area contributed by atoms with Crippen LogP contribution < -0.4 is 5.32 Å². The van der Waals surface area contributed by atoms with Gasteiger partial charge in [0.15, 0.2) is 0 Å². The van der Waals surface area contributed by atoms with E-state index in [-0.39, 0.29) is 6.42 Å². The maximum Gasteiger partial charge on any atom is 0.389 e. The third kappa shape index (κ3) is 4.08. The molecule has 0 aromatic carbocycles. The fraction of sp³-hybridized carbons (Fsp3) is 0.714. The first-order chi connectivity index (χ1) is 9.49. The molecule has 2 rings (SSSR count). The van der Waals surface area contributed by atoms with E-state index in [0.717, 1.165) is 55.7 Å². The fourth-order valence-corrected chi connectivity index (χ4v) is 2.40. The molecule has 1 aromatic rings. The summed E-state index contributed by atoms with van der Waals surface area (Å²) in [7, 11) is 0. The van der Waals surface area contributed by atoms with Crippen molar-refractivity contribution in [2.24, 2.45) is 0 Å². The first kappa shape index (κ1) is 15.1. The number of aromatic nitrogens is 2. The molecule has 1 N–H and O–H groups in total. The summed E-state index contributed by atoms with van der Waals surface area (Å²) >= 11 is 0. The van der Waals surface area contributed by atoms with Gasteiger partial charge in [-0.3, -0.25) is 0 Å².